The summed E-state index contributed by atoms with van der Waals surface area (Å²) < 4.78 is 0. The molecule has 0 aromatic heterocycles. The van der Waals surface area contributed by atoms with Crippen LogP contribution in [0, 0.1) is 0 Å². The molecule has 0 amide bonds. The summed E-state index contributed by atoms with van der Waals surface area (Å²) in [6.45, 7) is 0. The quantitative estimate of drug-likeness (QED) is 0.416. The van der Waals surface area contributed by atoms with Crippen LogP contribution in [-0.2, 0) is 50.0 Å². The Balaban J connectivity index is 0. The van der Waals surface area contributed by atoms with Crippen molar-refractivity contribution in [1.29, 1.82) is 0 Å². The molecule has 5 heteroatoms. The van der Waals surface area contributed by atoms with Gasteiger partial charge in [0.15, 0.2) is 17.4 Å². The van der Waals surface area contributed by atoms with Crippen LogP contribution in [0.1, 0.15) is 0 Å². The molecular weight excluding hydrogens is 210 g/mol. The Kier molecular flexibility index (Phi) is 294. The average molecular weight is 215 g/mol. The third-order valence-corrected chi connectivity index (χ3v) is 0. The fraction of sp³-hybridized carbons (Fsp3) is 0. The fourth-order valence-electron chi connectivity index (χ4n) is 0. The number of hydrogen-bond acceptors (Lipinski definition) is 0. The van der Waals surface area contributed by atoms with E-state index in [1.165, 1.54) is 0 Å². The van der Waals surface area contributed by atoms with Gasteiger partial charge < -0.3 is 0 Å². The van der Waals surface area contributed by atoms with Gasteiger partial charge in [-0.2, -0.15) is 0 Å². The van der Waals surface area contributed by atoms with Crippen molar-refractivity contribution in [3.8, 4) is 0 Å². The molecule has 0 saturated heterocycles. The van der Waals surface area contributed by atoms with E-state index < -0.39 is 0 Å². The minimum atomic E-state index is 0. The molecule has 36 valence electrons. The summed E-state index contributed by atoms with van der Waals surface area (Å²) in [4.78, 5) is 0. The SMILES string of the molecule is [AlH3].[Co].[Co].[LiH].[Ni]. The summed E-state index contributed by atoms with van der Waals surface area (Å²) in [5, 5.41) is 0. The maximum atomic E-state index is 0. The molecule has 0 fully saturated rings. The summed E-state index contributed by atoms with van der Waals surface area (Å²) in [5.74, 6) is 0. The second-order valence-corrected chi connectivity index (χ2v) is 0. The molecule has 0 aliphatic carbocycles. The van der Waals surface area contributed by atoms with E-state index in [0.717, 1.165) is 0 Å². The van der Waals surface area contributed by atoms with E-state index in [4.69, 9.17) is 0 Å². The van der Waals surface area contributed by atoms with Crippen molar-refractivity contribution in [2.24, 2.45) is 0 Å². The molecule has 0 bridgehead atoms. The average Bonchev–Trinajstić information content (AvgIpc) is 0. The Morgan fingerprint density at radius 2 is 0.800 bits per heavy atom. The van der Waals surface area contributed by atoms with Crippen LogP contribution in [-0.4, -0.2) is 36.2 Å². The molecule has 0 rings (SSSR count). The zero-order chi connectivity index (χ0) is 0. The van der Waals surface area contributed by atoms with Gasteiger partial charge in [-0.25, -0.2) is 0 Å². The van der Waals surface area contributed by atoms with Crippen molar-refractivity contribution in [2.45, 2.75) is 0 Å². The Morgan fingerprint density at radius 1 is 0.800 bits per heavy atom. The standard InChI is InChI=1S/Al.2Co.Li.Ni.4H. The first-order chi connectivity index (χ1) is 0. The summed E-state index contributed by atoms with van der Waals surface area (Å²) in [6, 6.07) is 0. The third kappa shape index (κ3) is 20.5. The van der Waals surface area contributed by atoms with Crippen molar-refractivity contribution in [3.05, 3.63) is 0 Å². The molecule has 0 aromatic carbocycles. The molecule has 0 nitrogen and oxygen atoms in total. The summed E-state index contributed by atoms with van der Waals surface area (Å²) in [7, 11) is 0. The summed E-state index contributed by atoms with van der Waals surface area (Å²) in [5.41, 5.74) is 0. The second kappa shape index (κ2) is 30.3. The number of rotatable bonds is 0. The van der Waals surface area contributed by atoms with Gasteiger partial charge in [0.25, 0.3) is 0 Å². The maximum Gasteiger partial charge on any atom is 0 e. The summed E-state index contributed by atoms with van der Waals surface area (Å²) in [6.07, 6.45) is 0. The van der Waals surface area contributed by atoms with Crippen LogP contribution in [0.2, 0.25) is 0 Å². The van der Waals surface area contributed by atoms with Gasteiger partial charge in [0.1, 0.15) is 0 Å². The van der Waals surface area contributed by atoms with E-state index in [2.05, 4.69) is 0 Å². The first-order valence-corrected chi connectivity index (χ1v) is 0. The number of hydrogen-bond donors (Lipinski definition) is 0. The maximum absolute atomic E-state index is 0. The van der Waals surface area contributed by atoms with Crippen molar-refractivity contribution in [3.63, 3.8) is 0 Å². The van der Waals surface area contributed by atoms with E-state index in [1.54, 1.807) is 0 Å². The Morgan fingerprint density at radius 3 is 0.800 bits per heavy atom. The van der Waals surface area contributed by atoms with Gasteiger partial charge in [-0.15, -0.1) is 0 Å². The molecule has 0 N–H and O–H groups in total. The Hall–Kier alpha value is 2.64. The normalized spacial score (nSPS) is 0. The van der Waals surface area contributed by atoms with Crippen molar-refractivity contribution < 1.29 is 50.0 Å². The van der Waals surface area contributed by atoms with Gasteiger partial charge in [0.05, 0.1) is 0 Å². The van der Waals surface area contributed by atoms with Crippen molar-refractivity contribution in [2.75, 3.05) is 0 Å². The predicted octanol–water partition coefficient (Wildman–Crippen LogP) is -1.84. The van der Waals surface area contributed by atoms with Crippen LogP contribution in [0.3, 0.4) is 0 Å². The third-order valence-electron chi connectivity index (χ3n) is 0. The van der Waals surface area contributed by atoms with E-state index in [-0.39, 0.29) is 86.3 Å². The van der Waals surface area contributed by atoms with Crippen LogP contribution in [0.4, 0.5) is 0 Å². The minimum absolute atomic E-state index is 0. The Bertz CT molecular complexity index is 9.61. The zero-order valence-corrected chi connectivity index (χ0v) is 4.05. The molecule has 0 atom stereocenters. The topological polar surface area (TPSA) is 0 Å². The summed E-state index contributed by atoms with van der Waals surface area (Å²) >= 11 is 0. The second-order valence-electron chi connectivity index (χ2n) is 0. The van der Waals surface area contributed by atoms with E-state index in [0.29, 0.717) is 0 Å². The zero-order valence-electron chi connectivity index (χ0n) is 0.983. The molecular formula is H4AlCo2LiNi. The van der Waals surface area contributed by atoms with Gasteiger partial charge >= 0.3 is 18.9 Å². The van der Waals surface area contributed by atoms with Crippen LogP contribution < -0.4 is 0 Å². The minimum Gasteiger partial charge on any atom is 0 e. The molecule has 0 saturated carbocycles. The molecule has 2 radical (unpaired) electrons. The van der Waals surface area contributed by atoms with Crippen LogP contribution in [0.25, 0.3) is 0 Å². The molecule has 0 aliphatic heterocycles. The van der Waals surface area contributed by atoms with E-state index >= 15 is 0 Å². The fourth-order valence-corrected chi connectivity index (χ4v) is 0. The largest absolute Gasteiger partial charge is 0 e. The van der Waals surface area contributed by atoms with Gasteiger partial charge in [-0.3, -0.25) is 0 Å². The molecule has 0 aliphatic rings. The van der Waals surface area contributed by atoms with Crippen molar-refractivity contribution >= 4 is 36.2 Å². The van der Waals surface area contributed by atoms with Gasteiger partial charge in [-0.05, 0) is 0 Å². The van der Waals surface area contributed by atoms with E-state index in [9.17, 15) is 0 Å². The Labute approximate surface area is 85.2 Å². The molecule has 0 aromatic rings. The van der Waals surface area contributed by atoms with Crippen LogP contribution in [0.15, 0.2) is 0 Å². The van der Waals surface area contributed by atoms with Gasteiger partial charge in [0, 0.05) is 50.0 Å². The molecule has 5 heavy (non-hydrogen) atoms. The van der Waals surface area contributed by atoms with Gasteiger partial charge in [-0.1, -0.05) is 0 Å². The molecule has 0 heterocycles. The van der Waals surface area contributed by atoms with Crippen molar-refractivity contribution in [1.82, 2.24) is 0 Å². The van der Waals surface area contributed by atoms with Crippen LogP contribution in [0.5, 0.6) is 0 Å². The monoisotopic (exact) mass is 214 g/mol. The molecule has 0 unspecified atom stereocenters. The van der Waals surface area contributed by atoms with Crippen LogP contribution >= 0.6 is 0 Å². The van der Waals surface area contributed by atoms with E-state index in [1.807, 2.05) is 0 Å². The smallest absolute Gasteiger partial charge is 0 e. The first-order valence-electron chi connectivity index (χ1n) is 0. The van der Waals surface area contributed by atoms with Gasteiger partial charge in [0.2, 0.25) is 0 Å². The predicted molar refractivity (Wildman–Crippen MR) is 17.1 cm³/mol. The molecule has 0 spiro atoms. The first kappa shape index (κ1) is 48.4.